The van der Waals surface area contributed by atoms with E-state index in [9.17, 15) is 14.0 Å². The molecular weight excluding hydrogens is 287 g/mol. The molecule has 3 rings (SSSR count). The zero-order valence-electron chi connectivity index (χ0n) is 9.87. The summed E-state index contributed by atoms with van der Waals surface area (Å²) in [4.78, 5) is 22.6. The molecule has 0 atom stereocenters. The van der Waals surface area contributed by atoms with Crippen LogP contribution >= 0.6 is 11.3 Å². The van der Waals surface area contributed by atoms with Crippen LogP contribution < -0.4 is 4.87 Å². The number of fused-ring (bicyclic) bond motifs is 1. The summed E-state index contributed by atoms with van der Waals surface area (Å²) in [6.07, 6.45) is 1.89. The minimum atomic E-state index is -0.728. The number of thiazole rings is 1. The lowest BCUT2D eigenvalue weighted by Gasteiger charge is -1.96. The van der Waals surface area contributed by atoms with Gasteiger partial charge in [0.1, 0.15) is 6.29 Å². The summed E-state index contributed by atoms with van der Waals surface area (Å²) in [7, 11) is 0. The van der Waals surface area contributed by atoms with Crippen LogP contribution in [0.1, 0.15) is 15.2 Å². The normalized spacial score (nSPS) is 11.1. The molecule has 0 aliphatic rings. The predicted molar refractivity (Wildman–Crippen MR) is 68.8 cm³/mol. The lowest BCUT2D eigenvalue weighted by atomic mass is 10.1. The zero-order valence-corrected chi connectivity index (χ0v) is 10.7. The Hall–Kier alpha value is -2.32. The topological polar surface area (TPSA) is 85.3 Å². The van der Waals surface area contributed by atoms with Gasteiger partial charge in [0.05, 0.1) is 16.9 Å². The van der Waals surface area contributed by atoms with Gasteiger partial charge in [-0.2, -0.15) is 0 Å². The second-order valence-electron chi connectivity index (χ2n) is 3.99. The molecule has 2 aromatic heterocycles. The van der Waals surface area contributed by atoms with E-state index in [0.29, 0.717) is 11.2 Å². The third kappa shape index (κ3) is 1.86. The molecule has 0 fully saturated rings. The SMILES string of the molecule is O=Cc1cc(F)c2onc(-n3cc(CO)sc3=O)c2c1. The molecule has 6 nitrogen and oxygen atoms in total. The molecule has 1 N–H and O–H groups in total. The summed E-state index contributed by atoms with van der Waals surface area (Å²) in [5, 5.41) is 12.9. The average molecular weight is 294 g/mol. The van der Waals surface area contributed by atoms with Crippen molar-refractivity contribution >= 4 is 28.6 Å². The molecule has 8 heteroatoms. The minimum absolute atomic E-state index is 0.0866. The van der Waals surface area contributed by atoms with Crippen LogP contribution in [0, 0.1) is 5.82 Å². The Labute approximate surface area is 114 Å². The fourth-order valence-corrected chi connectivity index (χ4v) is 2.54. The van der Waals surface area contributed by atoms with Gasteiger partial charge in [0.15, 0.2) is 11.6 Å². The third-order valence-electron chi connectivity index (χ3n) is 2.74. The number of aliphatic hydroxyl groups excluding tert-OH is 1. The maximum atomic E-state index is 13.7. The van der Waals surface area contributed by atoms with Gasteiger partial charge in [-0.3, -0.25) is 14.2 Å². The maximum absolute atomic E-state index is 13.7. The monoisotopic (exact) mass is 294 g/mol. The Kier molecular flexibility index (Phi) is 2.96. The number of aliphatic hydroxyl groups is 1. The van der Waals surface area contributed by atoms with E-state index in [1.54, 1.807) is 0 Å². The van der Waals surface area contributed by atoms with Crippen LogP contribution in [0.4, 0.5) is 4.39 Å². The fraction of sp³-hybridized carbons (Fsp3) is 0.0833. The number of rotatable bonds is 3. The Morgan fingerprint density at radius 3 is 2.95 bits per heavy atom. The summed E-state index contributed by atoms with van der Waals surface area (Å²) in [6, 6.07) is 2.42. The van der Waals surface area contributed by atoms with Crippen LogP contribution in [0.2, 0.25) is 0 Å². The van der Waals surface area contributed by atoms with E-state index in [1.807, 2.05) is 0 Å². The molecule has 0 bridgehead atoms. The first kappa shape index (κ1) is 12.7. The van der Waals surface area contributed by atoms with E-state index in [1.165, 1.54) is 12.3 Å². The molecule has 0 radical (unpaired) electrons. The van der Waals surface area contributed by atoms with Crippen LogP contribution in [0.15, 0.2) is 27.6 Å². The molecule has 1 aromatic carbocycles. The van der Waals surface area contributed by atoms with Crippen molar-refractivity contribution in [3.8, 4) is 5.82 Å². The van der Waals surface area contributed by atoms with E-state index in [2.05, 4.69) is 5.16 Å². The molecule has 102 valence electrons. The van der Waals surface area contributed by atoms with E-state index >= 15 is 0 Å². The number of aldehydes is 1. The Morgan fingerprint density at radius 2 is 2.30 bits per heavy atom. The van der Waals surface area contributed by atoms with Crippen molar-refractivity contribution in [2.75, 3.05) is 0 Å². The van der Waals surface area contributed by atoms with Crippen molar-refractivity contribution in [3.05, 3.63) is 44.3 Å². The number of hydrogen-bond donors (Lipinski definition) is 1. The molecule has 3 aromatic rings. The summed E-state index contributed by atoms with van der Waals surface area (Å²) in [5.74, 6) is -0.641. The van der Waals surface area contributed by atoms with Crippen LogP contribution in [0.5, 0.6) is 0 Å². The molecular formula is C12H7FN2O4S. The van der Waals surface area contributed by atoms with Crippen molar-refractivity contribution in [1.82, 2.24) is 9.72 Å². The Bertz CT molecular complexity index is 864. The van der Waals surface area contributed by atoms with Crippen molar-refractivity contribution in [1.29, 1.82) is 0 Å². The van der Waals surface area contributed by atoms with Gasteiger partial charge < -0.3 is 9.63 Å². The Morgan fingerprint density at radius 1 is 1.50 bits per heavy atom. The lowest BCUT2D eigenvalue weighted by molar-refractivity contribution is 0.112. The number of nitrogens with zero attached hydrogens (tertiary/aromatic N) is 2. The number of halogens is 1. The van der Waals surface area contributed by atoms with Crippen LogP contribution in [-0.4, -0.2) is 21.1 Å². The van der Waals surface area contributed by atoms with Gasteiger partial charge in [-0.1, -0.05) is 16.5 Å². The second kappa shape index (κ2) is 4.66. The van der Waals surface area contributed by atoms with Crippen molar-refractivity contribution < 1.29 is 18.8 Å². The van der Waals surface area contributed by atoms with Crippen molar-refractivity contribution in [2.45, 2.75) is 6.61 Å². The third-order valence-corrected chi connectivity index (χ3v) is 3.61. The predicted octanol–water partition coefficient (Wildman–Crippen LogP) is 1.48. The first-order valence-electron chi connectivity index (χ1n) is 5.50. The average Bonchev–Trinajstić information content (AvgIpc) is 3.01. The highest BCUT2D eigenvalue weighted by Crippen LogP contribution is 2.25. The summed E-state index contributed by atoms with van der Waals surface area (Å²) < 4.78 is 19.7. The number of benzene rings is 1. The summed E-state index contributed by atoms with van der Waals surface area (Å²) in [5.41, 5.74) is -0.0145. The number of carbonyl (C=O) groups excluding carboxylic acids is 1. The minimum Gasteiger partial charge on any atom is -0.391 e. The largest absolute Gasteiger partial charge is 0.391 e. The van der Waals surface area contributed by atoms with Crippen molar-refractivity contribution in [2.24, 2.45) is 0 Å². The van der Waals surface area contributed by atoms with E-state index in [0.717, 1.165) is 22.0 Å². The van der Waals surface area contributed by atoms with Crippen LogP contribution in [0.3, 0.4) is 0 Å². The van der Waals surface area contributed by atoms with Gasteiger partial charge >= 0.3 is 4.87 Å². The van der Waals surface area contributed by atoms with Gasteiger partial charge in [-0.25, -0.2) is 4.39 Å². The smallest absolute Gasteiger partial charge is 0.313 e. The lowest BCUT2D eigenvalue weighted by Crippen LogP contribution is -2.09. The summed E-state index contributed by atoms with van der Waals surface area (Å²) >= 11 is 0.848. The molecule has 0 saturated heterocycles. The molecule has 0 amide bonds. The number of hydrogen-bond acceptors (Lipinski definition) is 6. The molecule has 0 saturated carbocycles. The highest BCUT2D eigenvalue weighted by Gasteiger charge is 2.17. The highest BCUT2D eigenvalue weighted by molar-refractivity contribution is 7.09. The molecule has 20 heavy (non-hydrogen) atoms. The molecule has 2 heterocycles. The maximum Gasteiger partial charge on any atom is 0.313 e. The zero-order chi connectivity index (χ0) is 14.3. The quantitative estimate of drug-likeness (QED) is 0.740. The highest BCUT2D eigenvalue weighted by atomic mass is 32.1. The summed E-state index contributed by atoms with van der Waals surface area (Å²) in [6.45, 7) is -0.281. The van der Waals surface area contributed by atoms with Gasteiger partial charge in [-0.15, -0.1) is 0 Å². The number of carbonyl (C=O) groups is 1. The van der Waals surface area contributed by atoms with E-state index < -0.39 is 5.82 Å². The standard InChI is InChI=1S/C12H7FN2O4S/c13-9-2-6(4-16)1-8-10(9)19-14-11(8)15-3-7(5-17)20-12(15)18/h1-4,17H,5H2. The molecule has 0 aliphatic heterocycles. The molecule has 0 unspecified atom stereocenters. The molecule has 0 aliphatic carbocycles. The first-order chi connectivity index (χ1) is 9.63. The van der Waals surface area contributed by atoms with Gasteiger partial charge in [0.2, 0.25) is 5.58 Å². The van der Waals surface area contributed by atoms with Gasteiger partial charge in [0.25, 0.3) is 0 Å². The van der Waals surface area contributed by atoms with Gasteiger partial charge in [0, 0.05) is 11.8 Å². The first-order valence-corrected chi connectivity index (χ1v) is 6.32. The van der Waals surface area contributed by atoms with E-state index in [-0.39, 0.29) is 33.8 Å². The fourth-order valence-electron chi connectivity index (χ4n) is 1.86. The van der Waals surface area contributed by atoms with Gasteiger partial charge in [-0.05, 0) is 12.1 Å². The van der Waals surface area contributed by atoms with Crippen LogP contribution in [0.25, 0.3) is 16.8 Å². The van der Waals surface area contributed by atoms with Crippen molar-refractivity contribution in [3.63, 3.8) is 0 Å². The Balaban J connectivity index is 2.31. The molecule has 0 spiro atoms. The second-order valence-corrected chi connectivity index (χ2v) is 5.07. The van der Waals surface area contributed by atoms with E-state index in [4.69, 9.17) is 9.63 Å². The number of aromatic nitrogens is 2. The van der Waals surface area contributed by atoms with Crippen LogP contribution in [-0.2, 0) is 6.61 Å².